The molecule has 0 bridgehead atoms. The van der Waals surface area contributed by atoms with Crippen LogP contribution >= 0.6 is 11.6 Å². The monoisotopic (exact) mass is 416 g/mol. The zero-order chi connectivity index (χ0) is 21.0. The van der Waals surface area contributed by atoms with Crippen LogP contribution in [0.5, 0.6) is 5.75 Å². The first-order chi connectivity index (χ1) is 13.8. The van der Waals surface area contributed by atoms with Gasteiger partial charge in [-0.2, -0.15) is 0 Å². The van der Waals surface area contributed by atoms with Crippen LogP contribution in [0.1, 0.15) is 37.4 Å². The van der Waals surface area contributed by atoms with Crippen molar-refractivity contribution in [3.63, 3.8) is 0 Å². The quantitative estimate of drug-likeness (QED) is 0.554. The van der Waals surface area contributed by atoms with Crippen LogP contribution in [0.3, 0.4) is 0 Å². The lowest BCUT2D eigenvalue weighted by atomic mass is 10.0. The van der Waals surface area contributed by atoms with Crippen molar-refractivity contribution in [3.05, 3.63) is 58.6 Å². The van der Waals surface area contributed by atoms with Crippen molar-refractivity contribution in [1.82, 2.24) is 0 Å². The highest BCUT2D eigenvalue weighted by Crippen LogP contribution is 2.31. The van der Waals surface area contributed by atoms with Crippen molar-refractivity contribution in [3.8, 4) is 5.75 Å². The zero-order valence-electron chi connectivity index (χ0n) is 16.6. The summed E-state index contributed by atoms with van der Waals surface area (Å²) in [6.45, 7) is 4.80. The van der Waals surface area contributed by atoms with E-state index in [2.05, 4.69) is 0 Å². The summed E-state index contributed by atoms with van der Waals surface area (Å²) in [6.07, 6.45) is 0.191. The second kappa shape index (κ2) is 9.29. The molecule has 154 valence electrons. The predicted octanol–water partition coefficient (Wildman–Crippen LogP) is 4.49. The van der Waals surface area contributed by atoms with Crippen LogP contribution in [0.4, 0.5) is 10.5 Å². The molecule has 0 fully saturated rings. The van der Waals surface area contributed by atoms with E-state index in [4.69, 9.17) is 26.8 Å². The Labute approximate surface area is 175 Å². The van der Waals surface area contributed by atoms with Crippen LogP contribution in [0.15, 0.2) is 42.5 Å². The Morgan fingerprint density at radius 3 is 2.69 bits per heavy atom. The summed E-state index contributed by atoms with van der Waals surface area (Å²) in [5.41, 5.74) is 8.98. The summed E-state index contributed by atoms with van der Waals surface area (Å²) >= 11 is 6.32. The van der Waals surface area contributed by atoms with Gasteiger partial charge in [0.1, 0.15) is 5.75 Å². The van der Waals surface area contributed by atoms with Crippen LogP contribution in [0.25, 0.3) is 0 Å². The van der Waals surface area contributed by atoms with Gasteiger partial charge in [-0.15, -0.1) is 0 Å². The zero-order valence-corrected chi connectivity index (χ0v) is 17.3. The fraction of sp³-hybridized carbons (Fsp3) is 0.364. The first kappa shape index (κ1) is 21.1. The molecule has 0 spiro atoms. The Hall–Kier alpha value is -2.57. The number of ether oxygens (including phenoxy) is 2. The maximum atomic E-state index is 12.8. The van der Waals surface area contributed by atoms with Gasteiger partial charge in [-0.3, -0.25) is 4.79 Å². The normalized spacial score (nSPS) is 13.9. The number of carbonyl (C=O) groups excluding carboxylic acids is 2. The van der Waals surface area contributed by atoms with Crippen molar-refractivity contribution in [2.45, 2.75) is 32.7 Å². The van der Waals surface area contributed by atoms with Crippen LogP contribution < -0.4 is 15.4 Å². The summed E-state index contributed by atoms with van der Waals surface area (Å²) in [7, 11) is 0. The molecule has 7 heteroatoms. The number of hydrogen-bond donors (Lipinski definition) is 1. The third kappa shape index (κ3) is 5.28. The van der Waals surface area contributed by atoms with E-state index in [-0.39, 0.29) is 30.6 Å². The number of hydrogen-bond acceptors (Lipinski definition) is 5. The van der Waals surface area contributed by atoms with Gasteiger partial charge >= 0.3 is 6.16 Å². The number of rotatable bonds is 6. The van der Waals surface area contributed by atoms with Crippen LogP contribution in [-0.2, 0) is 16.0 Å². The molecular formula is C22H25ClN2O4. The molecule has 3 rings (SSSR count). The smallest absolute Gasteiger partial charge is 0.434 e. The Bertz CT molecular complexity index is 900. The van der Waals surface area contributed by atoms with Crippen LogP contribution in [0.2, 0.25) is 5.02 Å². The molecule has 0 radical (unpaired) electrons. The molecule has 1 amide bonds. The van der Waals surface area contributed by atoms with Gasteiger partial charge in [0, 0.05) is 29.7 Å². The molecule has 2 N–H and O–H groups in total. The second-order valence-corrected chi connectivity index (χ2v) is 7.88. The fourth-order valence-corrected chi connectivity index (χ4v) is 3.55. The van der Waals surface area contributed by atoms with Gasteiger partial charge in [0.15, 0.2) is 0 Å². The van der Waals surface area contributed by atoms with Gasteiger partial charge in [-0.25, -0.2) is 4.79 Å². The molecule has 0 aromatic heterocycles. The van der Waals surface area contributed by atoms with Crippen molar-refractivity contribution in [2.75, 3.05) is 18.1 Å². The van der Waals surface area contributed by atoms with Gasteiger partial charge in [-0.05, 0) is 41.7 Å². The SMILES string of the molecule is CC(C)COC(=O)Oc1ccc(C(N)CC(=O)N2CCc3ccccc32)c(Cl)c1. The predicted molar refractivity (Wildman–Crippen MR) is 112 cm³/mol. The largest absolute Gasteiger partial charge is 0.513 e. The number of anilines is 1. The van der Waals surface area contributed by atoms with Crippen molar-refractivity contribution in [2.24, 2.45) is 11.7 Å². The van der Waals surface area contributed by atoms with Crippen molar-refractivity contribution >= 4 is 29.4 Å². The lowest BCUT2D eigenvalue weighted by Crippen LogP contribution is -2.31. The molecule has 2 aromatic rings. The lowest BCUT2D eigenvalue weighted by molar-refractivity contribution is -0.118. The van der Waals surface area contributed by atoms with E-state index in [1.165, 1.54) is 11.6 Å². The van der Waals surface area contributed by atoms with E-state index in [9.17, 15) is 9.59 Å². The van der Waals surface area contributed by atoms with E-state index < -0.39 is 12.2 Å². The molecule has 0 aliphatic carbocycles. The van der Waals surface area contributed by atoms with Crippen molar-refractivity contribution in [1.29, 1.82) is 0 Å². The number of benzene rings is 2. The minimum absolute atomic E-state index is 0.0453. The highest BCUT2D eigenvalue weighted by Gasteiger charge is 2.26. The van der Waals surface area contributed by atoms with E-state index >= 15 is 0 Å². The molecule has 6 nitrogen and oxygen atoms in total. The number of amides is 1. The molecule has 1 atom stereocenters. The minimum Gasteiger partial charge on any atom is -0.434 e. The number of nitrogens with zero attached hydrogens (tertiary/aromatic N) is 1. The van der Waals surface area contributed by atoms with Gasteiger partial charge in [0.25, 0.3) is 0 Å². The van der Waals surface area contributed by atoms with Gasteiger partial charge < -0.3 is 20.1 Å². The van der Waals surface area contributed by atoms with Gasteiger partial charge in [0.2, 0.25) is 5.91 Å². The molecule has 1 aliphatic heterocycles. The van der Waals surface area contributed by atoms with Gasteiger partial charge in [0.05, 0.1) is 6.61 Å². The molecule has 0 saturated carbocycles. The molecular weight excluding hydrogens is 392 g/mol. The molecule has 0 saturated heterocycles. The van der Waals surface area contributed by atoms with E-state index in [0.717, 1.165) is 12.1 Å². The Morgan fingerprint density at radius 2 is 1.97 bits per heavy atom. The Kier molecular flexibility index (Phi) is 6.77. The molecule has 1 aliphatic rings. The second-order valence-electron chi connectivity index (χ2n) is 7.47. The molecule has 1 heterocycles. The average molecular weight is 417 g/mol. The Morgan fingerprint density at radius 1 is 1.21 bits per heavy atom. The lowest BCUT2D eigenvalue weighted by Gasteiger charge is -2.20. The highest BCUT2D eigenvalue weighted by molar-refractivity contribution is 6.31. The minimum atomic E-state index is -0.783. The molecule has 2 aromatic carbocycles. The average Bonchev–Trinajstić information content (AvgIpc) is 3.10. The summed E-state index contributed by atoms with van der Waals surface area (Å²) in [6, 6.07) is 12.1. The van der Waals surface area contributed by atoms with Crippen molar-refractivity contribution < 1.29 is 19.1 Å². The maximum Gasteiger partial charge on any atom is 0.513 e. The third-order valence-electron chi connectivity index (χ3n) is 4.69. The highest BCUT2D eigenvalue weighted by atomic mass is 35.5. The number of nitrogens with two attached hydrogens (primary N) is 1. The Balaban J connectivity index is 1.62. The number of carbonyl (C=O) groups is 2. The van der Waals surface area contributed by atoms with E-state index in [1.54, 1.807) is 17.0 Å². The number of fused-ring (bicyclic) bond motifs is 1. The van der Waals surface area contributed by atoms with E-state index in [0.29, 0.717) is 17.1 Å². The topological polar surface area (TPSA) is 81.9 Å². The fourth-order valence-electron chi connectivity index (χ4n) is 3.24. The van der Waals surface area contributed by atoms with Crippen LogP contribution in [-0.4, -0.2) is 25.2 Å². The summed E-state index contributed by atoms with van der Waals surface area (Å²) < 4.78 is 10.1. The van der Waals surface area contributed by atoms with Gasteiger partial charge in [-0.1, -0.05) is 49.7 Å². The molecule has 29 heavy (non-hydrogen) atoms. The maximum absolute atomic E-state index is 12.8. The third-order valence-corrected chi connectivity index (χ3v) is 5.02. The van der Waals surface area contributed by atoms with E-state index in [1.807, 2.05) is 38.1 Å². The first-order valence-electron chi connectivity index (χ1n) is 9.63. The summed E-state index contributed by atoms with van der Waals surface area (Å²) in [5.74, 6) is 0.433. The number of halogens is 1. The summed E-state index contributed by atoms with van der Waals surface area (Å²) in [5, 5.41) is 0.335. The first-order valence-corrected chi connectivity index (χ1v) is 10.0. The standard InChI is InChI=1S/C22H25ClN2O4/c1-14(2)13-28-22(27)29-16-7-8-17(18(23)11-16)19(24)12-21(26)25-10-9-15-5-3-4-6-20(15)25/h3-8,11,14,19H,9-10,12-13,24H2,1-2H3. The number of para-hydroxylation sites is 1. The van der Waals surface area contributed by atoms with Crippen LogP contribution in [0, 0.1) is 5.92 Å². The summed E-state index contributed by atoms with van der Waals surface area (Å²) in [4.78, 5) is 26.2. The molecule has 1 unspecified atom stereocenters.